The first-order valence-electron chi connectivity index (χ1n) is 4.16. The predicted octanol–water partition coefficient (Wildman–Crippen LogP) is 0.291. The standard InChI is InChI=1S/C9H8O5/c10-8-9(11)14-7(5-13-8)4-6-2-1-3-12-6/h1-3,7H,4-5H2. The van der Waals surface area contributed by atoms with Crippen molar-refractivity contribution in [3.63, 3.8) is 0 Å². The first-order valence-corrected chi connectivity index (χ1v) is 4.16. The summed E-state index contributed by atoms with van der Waals surface area (Å²) >= 11 is 0. The maximum atomic E-state index is 10.8. The summed E-state index contributed by atoms with van der Waals surface area (Å²) in [5.41, 5.74) is 0. The second-order valence-corrected chi connectivity index (χ2v) is 2.91. The smallest absolute Gasteiger partial charge is 0.417 e. The van der Waals surface area contributed by atoms with Gasteiger partial charge in [0.25, 0.3) is 0 Å². The minimum atomic E-state index is -0.937. The molecule has 0 aliphatic carbocycles. The lowest BCUT2D eigenvalue weighted by Gasteiger charge is -2.20. The van der Waals surface area contributed by atoms with E-state index in [2.05, 4.69) is 4.74 Å². The molecule has 0 spiro atoms. The van der Waals surface area contributed by atoms with E-state index < -0.39 is 18.0 Å². The first kappa shape index (κ1) is 8.80. The number of cyclic esters (lactones) is 2. The summed E-state index contributed by atoms with van der Waals surface area (Å²) in [4.78, 5) is 21.4. The molecule has 5 nitrogen and oxygen atoms in total. The lowest BCUT2D eigenvalue weighted by atomic mass is 10.2. The van der Waals surface area contributed by atoms with Gasteiger partial charge in [0.05, 0.1) is 6.26 Å². The molecule has 1 aliphatic rings. The second-order valence-electron chi connectivity index (χ2n) is 2.91. The molecule has 2 heterocycles. The van der Waals surface area contributed by atoms with Crippen molar-refractivity contribution in [3.8, 4) is 0 Å². The normalized spacial score (nSPS) is 21.6. The van der Waals surface area contributed by atoms with Crippen LogP contribution in [0.15, 0.2) is 22.8 Å². The molecule has 0 N–H and O–H groups in total. The van der Waals surface area contributed by atoms with Crippen LogP contribution in [0.25, 0.3) is 0 Å². The molecular formula is C9H8O5. The number of ether oxygens (including phenoxy) is 2. The summed E-state index contributed by atoms with van der Waals surface area (Å²) in [5.74, 6) is -1.17. The van der Waals surface area contributed by atoms with Crippen molar-refractivity contribution in [1.29, 1.82) is 0 Å². The fourth-order valence-corrected chi connectivity index (χ4v) is 1.21. The Balaban J connectivity index is 1.94. The largest absolute Gasteiger partial charge is 0.469 e. The molecule has 1 aromatic heterocycles. The van der Waals surface area contributed by atoms with Gasteiger partial charge in [-0.05, 0) is 12.1 Å². The Kier molecular flexibility index (Phi) is 2.22. The Bertz CT molecular complexity index is 340. The van der Waals surface area contributed by atoms with Crippen molar-refractivity contribution in [1.82, 2.24) is 0 Å². The van der Waals surface area contributed by atoms with E-state index in [9.17, 15) is 9.59 Å². The zero-order valence-corrected chi connectivity index (χ0v) is 7.26. The molecule has 1 saturated heterocycles. The van der Waals surface area contributed by atoms with Crippen LogP contribution in [0.1, 0.15) is 5.76 Å². The lowest BCUT2D eigenvalue weighted by molar-refractivity contribution is -0.184. The first-order chi connectivity index (χ1) is 6.75. The van der Waals surface area contributed by atoms with E-state index in [1.54, 1.807) is 12.1 Å². The maximum absolute atomic E-state index is 10.8. The SMILES string of the molecule is O=C1OCC(Cc2ccco2)OC1=O. The van der Waals surface area contributed by atoms with Crippen LogP contribution in [-0.4, -0.2) is 24.6 Å². The number of carbonyl (C=O) groups is 2. The van der Waals surface area contributed by atoms with Crippen LogP contribution in [0.3, 0.4) is 0 Å². The number of rotatable bonds is 2. The summed E-state index contributed by atoms with van der Waals surface area (Å²) in [6.45, 7) is 0.0886. The van der Waals surface area contributed by atoms with Crippen LogP contribution in [0.4, 0.5) is 0 Å². The fraction of sp³-hybridized carbons (Fsp3) is 0.333. The number of esters is 2. The van der Waals surface area contributed by atoms with Gasteiger partial charge in [0.2, 0.25) is 0 Å². The third kappa shape index (κ3) is 1.76. The van der Waals surface area contributed by atoms with Crippen molar-refractivity contribution in [2.45, 2.75) is 12.5 Å². The third-order valence-electron chi connectivity index (χ3n) is 1.85. The van der Waals surface area contributed by atoms with Gasteiger partial charge in [-0.1, -0.05) is 0 Å². The van der Waals surface area contributed by atoms with E-state index in [-0.39, 0.29) is 6.61 Å². The Hall–Kier alpha value is -1.78. The quantitative estimate of drug-likeness (QED) is 0.502. The van der Waals surface area contributed by atoms with E-state index in [1.807, 2.05) is 0 Å². The van der Waals surface area contributed by atoms with Gasteiger partial charge in [-0.25, -0.2) is 9.59 Å². The minimum absolute atomic E-state index is 0.0886. The molecule has 0 bridgehead atoms. The van der Waals surface area contributed by atoms with Gasteiger partial charge < -0.3 is 13.9 Å². The van der Waals surface area contributed by atoms with Gasteiger partial charge in [0, 0.05) is 6.42 Å². The maximum Gasteiger partial charge on any atom is 0.417 e. The molecule has 1 aromatic rings. The van der Waals surface area contributed by atoms with Crippen molar-refractivity contribution in [2.75, 3.05) is 6.61 Å². The molecule has 1 fully saturated rings. The zero-order valence-electron chi connectivity index (χ0n) is 7.26. The molecule has 5 heteroatoms. The molecule has 14 heavy (non-hydrogen) atoms. The van der Waals surface area contributed by atoms with Crippen LogP contribution < -0.4 is 0 Å². The number of hydrogen-bond donors (Lipinski definition) is 0. The van der Waals surface area contributed by atoms with Crippen molar-refractivity contribution in [2.24, 2.45) is 0 Å². The molecule has 1 unspecified atom stereocenters. The highest BCUT2D eigenvalue weighted by molar-refractivity contribution is 6.30. The molecule has 0 radical (unpaired) electrons. The summed E-state index contributed by atoms with van der Waals surface area (Å²) < 4.78 is 14.5. The summed E-state index contributed by atoms with van der Waals surface area (Å²) in [6.07, 6.45) is 1.52. The van der Waals surface area contributed by atoms with Crippen molar-refractivity contribution >= 4 is 11.9 Å². The Morgan fingerprint density at radius 3 is 2.86 bits per heavy atom. The van der Waals surface area contributed by atoms with Gasteiger partial charge in [-0.15, -0.1) is 0 Å². The van der Waals surface area contributed by atoms with Gasteiger partial charge in [-0.3, -0.25) is 0 Å². The monoisotopic (exact) mass is 196 g/mol. The average Bonchev–Trinajstić information content (AvgIpc) is 2.64. The molecule has 1 aliphatic heterocycles. The fourth-order valence-electron chi connectivity index (χ4n) is 1.21. The molecule has 0 aromatic carbocycles. The van der Waals surface area contributed by atoms with E-state index in [1.165, 1.54) is 6.26 Å². The number of carbonyl (C=O) groups excluding carboxylic acids is 2. The molecule has 0 amide bonds. The molecule has 0 saturated carbocycles. The Morgan fingerprint density at radius 2 is 2.21 bits per heavy atom. The van der Waals surface area contributed by atoms with Crippen LogP contribution >= 0.6 is 0 Å². The molecular weight excluding hydrogens is 188 g/mol. The highest BCUT2D eigenvalue weighted by Crippen LogP contribution is 2.11. The van der Waals surface area contributed by atoms with Crippen LogP contribution in [-0.2, 0) is 25.5 Å². The average molecular weight is 196 g/mol. The van der Waals surface area contributed by atoms with E-state index in [4.69, 9.17) is 9.15 Å². The van der Waals surface area contributed by atoms with E-state index in [0.717, 1.165) is 0 Å². The van der Waals surface area contributed by atoms with Gasteiger partial charge >= 0.3 is 11.9 Å². The van der Waals surface area contributed by atoms with Gasteiger partial charge in [0.1, 0.15) is 18.5 Å². The highest BCUT2D eigenvalue weighted by Gasteiger charge is 2.30. The van der Waals surface area contributed by atoms with Crippen LogP contribution in [0, 0.1) is 0 Å². The number of hydrogen-bond acceptors (Lipinski definition) is 5. The predicted molar refractivity (Wildman–Crippen MR) is 43.3 cm³/mol. The summed E-state index contributed by atoms with van der Waals surface area (Å²) in [5, 5.41) is 0. The Morgan fingerprint density at radius 1 is 1.36 bits per heavy atom. The molecule has 1 atom stereocenters. The molecule has 74 valence electrons. The topological polar surface area (TPSA) is 65.7 Å². The van der Waals surface area contributed by atoms with Gasteiger partial charge in [-0.2, -0.15) is 0 Å². The van der Waals surface area contributed by atoms with Crippen LogP contribution in [0.2, 0.25) is 0 Å². The minimum Gasteiger partial charge on any atom is -0.469 e. The Labute approximate surface area is 79.6 Å². The third-order valence-corrected chi connectivity index (χ3v) is 1.85. The van der Waals surface area contributed by atoms with E-state index >= 15 is 0 Å². The molecule has 2 rings (SSSR count). The van der Waals surface area contributed by atoms with Crippen molar-refractivity contribution < 1.29 is 23.5 Å². The lowest BCUT2D eigenvalue weighted by Crippen LogP contribution is -2.37. The van der Waals surface area contributed by atoms with Crippen LogP contribution in [0.5, 0.6) is 0 Å². The summed E-state index contributed by atoms with van der Waals surface area (Å²) in [6, 6.07) is 3.51. The highest BCUT2D eigenvalue weighted by atomic mass is 16.6. The van der Waals surface area contributed by atoms with E-state index in [0.29, 0.717) is 12.2 Å². The second kappa shape index (κ2) is 3.53. The zero-order chi connectivity index (χ0) is 9.97. The summed E-state index contributed by atoms with van der Waals surface area (Å²) in [7, 11) is 0. The van der Waals surface area contributed by atoms with Gasteiger partial charge in [0.15, 0.2) is 0 Å². The van der Waals surface area contributed by atoms with Crippen molar-refractivity contribution in [3.05, 3.63) is 24.2 Å². The number of furan rings is 1.